The molecule has 0 aliphatic heterocycles. The van der Waals surface area contributed by atoms with Gasteiger partial charge in [0, 0.05) is 5.92 Å². The van der Waals surface area contributed by atoms with Gasteiger partial charge in [-0.05, 0) is 37.5 Å². The maximum Gasteiger partial charge on any atom is 0.416 e. The molecule has 1 unspecified atom stereocenters. The Morgan fingerprint density at radius 1 is 1.20 bits per heavy atom. The standard InChI is InChI=1S/C15H18F3NO/c1-10(19-14(20)12-4-2-3-5-12)11-6-8-13(9-7-11)15(16,17)18/h6-10,12H,2-5H2,1H3,(H,19,20). The minimum absolute atomic E-state index is 0.00916. The van der Waals surface area contributed by atoms with E-state index in [9.17, 15) is 18.0 Å². The molecule has 0 heterocycles. The molecule has 0 bridgehead atoms. The molecular weight excluding hydrogens is 267 g/mol. The van der Waals surface area contributed by atoms with Crippen LogP contribution in [0.4, 0.5) is 13.2 Å². The van der Waals surface area contributed by atoms with E-state index in [-0.39, 0.29) is 17.9 Å². The number of benzene rings is 1. The lowest BCUT2D eigenvalue weighted by Gasteiger charge is -2.18. The zero-order valence-electron chi connectivity index (χ0n) is 11.3. The van der Waals surface area contributed by atoms with E-state index in [0.717, 1.165) is 37.8 Å². The summed E-state index contributed by atoms with van der Waals surface area (Å²) in [5, 5.41) is 2.88. The van der Waals surface area contributed by atoms with Gasteiger partial charge in [0.1, 0.15) is 0 Å². The first-order valence-electron chi connectivity index (χ1n) is 6.85. The Labute approximate surface area is 116 Å². The molecule has 1 atom stereocenters. The van der Waals surface area contributed by atoms with Crippen LogP contribution in [0.25, 0.3) is 0 Å². The number of carbonyl (C=O) groups excluding carboxylic acids is 1. The lowest BCUT2D eigenvalue weighted by Crippen LogP contribution is -2.31. The Morgan fingerprint density at radius 3 is 2.25 bits per heavy atom. The predicted molar refractivity (Wildman–Crippen MR) is 70.0 cm³/mol. The summed E-state index contributed by atoms with van der Waals surface area (Å²) in [5.74, 6) is 0.0711. The topological polar surface area (TPSA) is 29.1 Å². The minimum atomic E-state index is -4.32. The normalized spacial score (nSPS) is 18.0. The van der Waals surface area contributed by atoms with Crippen molar-refractivity contribution in [3.8, 4) is 0 Å². The van der Waals surface area contributed by atoms with Gasteiger partial charge in [-0.25, -0.2) is 0 Å². The van der Waals surface area contributed by atoms with E-state index in [1.54, 1.807) is 6.92 Å². The van der Waals surface area contributed by atoms with Gasteiger partial charge in [0.2, 0.25) is 5.91 Å². The molecular formula is C15H18F3NO. The SMILES string of the molecule is CC(NC(=O)C1CCCC1)c1ccc(C(F)(F)F)cc1. The van der Waals surface area contributed by atoms with Gasteiger partial charge in [0.15, 0.2) is 0 Å². The van der Waals surface area contributed by atoms with Gasteiger partial charge in [0.05, 0.1) is 11.6 Å². The molecule has 0 aromatic heterocycles. The minimum Gasteiger partial charge on any atom is -0.349 e. The second kappa shape index (κ2) is 5.85. The molecule has 1 aromatic rings. The number of hydrogen-bond donors (Lipinski definition) is 1. The number of carbonyl (C=O) groups is 1. The third-order valence-corrected chi connectivity index (χ3v) is 3.82. The molecule has 1 aromatic carbocycles. The van der Waals surface area contributed by atoms with Gasteiger partial charge in [-0.2, -0.15) is 13.2 Å². The van der Waals surface area contributed by atoms with Crippen molar-refractivity contribution in [2.24, 2.45) is 5.92 Å². The fourth-order valence-electron chi connectivity index (χ4n) is 2.56. The average molecular weight is 285 g/mol. The maximum atomic E-state index is 12.5. The van der Waals surface area contributed by atoms with Crippen molar-refractivity contribution in [3.63, 3.8) is 0 Å². The van der Waals surface area contributed by atoms with Crippen molar-refractivity contribution in [1.82, 2.24) is 5.32 Å². The van der Waals surface area contributed by atoms with Crippen molar-refractivity contribution in [2.75, 3.05) is 0 Å². The molecule has 0 radical (unpaired) electrons. The highest BCUT2D eigenvalue weighted by atomic mass is 19.4. The van der Waals surface area contributed by atoms with Gasteiger partial charge < -0.3 is 5.32 Å². The van der Waals surface area contributed by atoms with E-state index in [1.807, 2.05) is 0 Å². The highest BCUT2D eigenvalue weighted by Crippen LogP contribution is 2.30. The van der Waals surface area contributed by atoms with E-state index in [2.05, 4.69) is 5.32 Å². The number of alkyl halides is 3. The van der Waals surface area contributed by atoms with Gasteiger partial charge in [-0.3, -0.25) is 4.79 Å². The first-order chi connectivity index (χ1) is 9.38. The Morgan fingerprint density at radius 2 is 1.75 bits per heavy atom. The van der Waals surface area contributed by atoms with Crippen LogP contribution in [0.5, 0.6) is 0 Å². The summed E-state index contributed by atoms with van der Waals surface area (Å²) in [4.78, 5) is 12.0. The summed E-state index contributed by atoms with van der Waals surface area (Å²) in [5.41, 5.74) is 0.0138. The van der Waals surface area contributed by atoms with Crippen LogP contribution in [0.15, 0.2) is 24.3 Å². The van der Waals surface area contributed by atoms with E-state index in [1.165, 1.54) is 12.1 Å². The zero-order chi connectivity index (χ0) is 14.8. The summed E-state index contributed by atoms with van der Waals surface area (Å²) in [7, 11) is 0. The van der Waals surface area contributed by atoms with Gasteiger partial charge in [0.25, 0.3) is 0 Å². The van der Waals surface area contributed by atoms with Crippen molar-refractivity contribution >= 4 is 5.91 Å². The molecule has 20 heavy (non-hydrogen) atoms. The van der Waals surface area contributed by atoms with E-state index >= 15 is 0 Å². The lowest BCUT2D eigenvalue weighted by atomic mass is 10.0. The largest absolute Gasteiger partial charge is 0.416 e. The molecule has 1 N–H and O–H groups in total. The quantitative estimate of drug-likeness (QED) is 0.891. The van der Waals surface area contributed by atoms with Crippen LogP contribution >= 0.6 is 0 Å². The van der Waals surface area contributed by atoms with Crippen LogP contribution in [0.1, 0.15) is 49.8 Å². The number of rotatable bonds is 3. The molecule has 0 saturated heterocycles. The van der Waals surface area contributed by atoms with Crippen LogP contribution in [0.3, 0.4) is 0 Å². The van der Waals surface area contributed by atoms with Crippen LogP contribution in [-0.4, -0.2) is 5.91 Å². The third-order valence-electron chi connectivity index (χ3n) is 3.82. The van der Waals surface area contributed by atoms with Gasteiger partial charge in [-0.15, -0.1) is 0 Å². The van der Waals surface area contributed by atoms with Crippen LogP contribution < -0.4 is 5.32 Å². The fraction of sp³-hybridized carbons (Fsp3) is 0.533. The lowest BCUT2D eigenvalue weighted by molar-refractivity contribution is -0.137. The fourth-order valence-corrected chi connectivity index (χ4v) is 2.56. The predicted octanol–water partition coefficient (Wildman–Crippen LogP) is 4.07. The Balaban J connectivity index is 1.98. The summed E-state index contributed by atoms with van der Waals surface area (Å²) >= 11 is 0. The molecule has 2 nitrogen and oxygen atoms in total. The second-order valence-electron chi connectivity index (χ2n) is 5.33. The summed E-state index contributed by atoms with van der Waals surface area (Å²) in [6.45, 7) is 1.79. The first-order valence-corrected chi connectivity index (χ1v) is 6.85. The van der Waals surface area contributed by atoms with Crippen LogP contribution in [0.2, 0.25) is 0 Å². The van der Waals surface area contributed by atoms with Gasteiger partial charge in [-0.1, -0.05) is 25.0 Å². The molecule has 1 aliphatic carbocycles. The molecule has 0 spiro atoms. The Bertz CT molecular complexity index is 461. The number of hydrogen-bond acceptors (Lipinski definition) is 1. The molecule has 1 saturated carbocycles. The second-order valence-corrected chi connectivity index (χ2v) is 5.33. The van der Waals surface area contributed by atoms with E-state index in [4.69, 9.17) is 0 Å². The molecule has 5 heteroatoms. The summed E-state index contributed by atoms with van der Waals surface area (Å²) in [6, 6.07) is 4.66. The van der Waals surface area contributed by atoms with Crippen LogP contribution in [-0.2, 0) is 11.0 Å². The maximum absolute atomic E-state index is 12.5. The third kappa shape index (κ3) is 3.52. The Kier molecular flexibility index (Phi) is 4.35. The van der Waals surface area contributed by atoms with Crippen molar-refractivity contribution in [1.29, 1.82) is 0 Å². The smallest absolute Gasteiger partial charge is 0.349 e. The van der Waals surface area contributed by atoms with Crippen molar-refractivity contribution in [3.05, 3.63) is 35.4 Å². The van der Waals surface area contributed by atoms with E-state index < -0.39 is 11.7 Å². The number of nitrogens with one attached hydrogen (secondary N) is 1. The van der Waals surface area contributed by atoms with Crippen LogP contribution in [0, 0.1) is 5.92 Å². The van der Waals surface area contributed by atoms with Crippen molar-refractivity contribution < 1.29 is 18.0 Å². The number of amides is 1. The monoisotopic (exact) mass is 285 g/mol. The molecule has 1 aliphatic rings. The summed E-state index contributed by atoms with van der Waals surface area (Å²) < 4.78 is 37.4. The first kappa shape index (κ1) is 14.9. The molecule has 2 rings (SSSR count). The van der Waals surface area contributed by atoms with Crippen molar-refractivity contribution in [2.45, 2.75) is 44.8 Å². The molecule has 1 fully saturated rings. The average Bonchev–Trinajstić information content (AvgIpc) is 2.91. The molecule has 1 amide bonds. The number of halogens is 3. The highest BCUT2D eigenvalue weighted by molar-refractivity contribution is 5.79. The summed E-state index contributed by atoms with van der Waals surface area (Å²) in [6.07, 6.45) is -0.356. The zero-order valence-corrected chi connectivity index (χ0v) is 11.3. The van der Waals surface area contributed by atoms with Gasteiger partial charge >= 0.3 is 6.18 Å². The Hall–Kier alpha value is -1.52. The molecule has 110 valence electrons. The van der Waals surface area contributed by atoms with E-state index in [0.29, 0.717) is 5.56 Å². The highest BCUT2D eigenvalue weighted by Gasteiger charge is 2.30.